The van der Waals surface area contributed by atoms with E-state index in [0.29, 0.717) is 28.6 Å². The summed E-state index contributed by atoms with van der Waals surface area (Å²) in [6.45, 7) is 7.93. The van der Waals surface area contributed by atoms with Gasteiger partial charge in [0.15, 0.2) is 5.16 Å². The molecule has 176 valence electrons. The molecule has 1 aromatic heterocycles. The van der Waals surface area contributed by atoms with Crippen LogP contribution in [0.2, 0.25) is 0 Å². The number of hydrogen-bond acceptors (Lipinski definition) is 7. The lowest BCUT2D eigenvalue weighted by Gasteiger charge is -2.28. The first-order valence-electron chi connectivity index (χ1n) is 11.4. The lowest BCUT2D eigenvalue weighted by Crippen LogP contribution is -2.50. The molecule has 0 saturated carbocycles. The molecule has 2 aromatic rings. The molecule has 9 nitrogen and oxygen atoms in total. The predicted molar refractivity (Wildman–Crippen MR) is 128 cm³/mol. The molecule has 10 heteroatoms. The summed E-state index contributed by atoms with van der Waals surface area (Å²) in [5.74, 6) is 0.770. The van der Waals surface area contributed by atoms with Crippen molar-refractivity contribution < 1.29 is 14.3 Å². The number of ether oxygens (including phenoxy) is 1. The van der Waals surface area contributed by atoms with Gasteiger partial charge in [0, 0.05) is 24.5 Å². The minimum Gasteiger partial charge on any atom is -0.463 e. The molecule has 2 aliphatic rings. The van der Waals surface area contributed by atoms with Gasteiger partial charge in [0.25, 0.3) is 0 Å². The number of hydrogen-bond donors (Lipinski definition) is 2. The van der Waals surface area contributed by atoms with Crippen LogP contribution in [0, 0.1) is 6.92 Å². The zero-order valence-corrected chi connectivity index (χ0v) is 20.1. The average Bonchev–Trinajstić information content (AvgIpc) is 3.47. The number of carbonyl (C=O) groups excluding carboxylic acids is 2. The van der Waals surface area contributed by atoms with E-state index in [4.69, 9.17) is 4.74 Å². The highest BCUT2D eigenvalue weighted by Crippen LogP contribution is 2.30. The summed E-state index contributed by atoms with van der Waals surface area (Å²) in [6.07, 6.45) is 2.86. The molecule has 0 bridgehead atoms. The van der Waals surface area contributed by atoms with E-state index in [-0.39, 0.29) is 18.7 Å². The standard InChI is InChI=1S/C23H30N6O3S/c1-4-17-19(20(30)32-5-2)18(25-21(31)24-17)14-33-23-27-26-22(28-12-6-7-13-28)29(23)16-10-8-15(3)9-11-16/h8-11,17H,4-7,12-14H2,1-3H3,(H2,24,25,31)/t17-/m0/s1. The molecule has 1 atom stereocenters. The van der Waals surface area contributed by atoms with E-state index >= 15 is 0 Å². The Kier molecular flexibility index (Phi) is 7.22. The van der Waals surface area contributed by atoms with Gasteiger partial charge in [-0.05, 0) is 45.2 Å². The van der Waals surface area contributed by atoms with E-state index in [0.717, 1.165) is 37.6 Å². The minimum absolute atomic E-state index is 0.272. The molecule has 0 aliphatic carbocycles. The molecule has 0 spiro atoms. The van der Waals surface area contributed by atoms with E-state index in [9.17, 15) is 9.59 Å². The third kappa shape index (κ3) is 5.00. The second-order valence-corrected chi connectivity index (χ2v) is 9.05. The summed E-state index contributed by atoms with van der Waals surface area (Å²) in [5.41, 5.74) is 3.18. The lowest BCUT2D eigenvalue weighted by atomic mass is 10.0. The first-order chi connectivity index (χ1) is 16.0. The van der Waals surface area contributed by atoms with Crippen molar-refractivity contribution in [2.75, 3.05) is 30.3 Å². The van der Waals surface area contributed by atoms with Crippen LogP contribution < -0.4 is 15.5 Å². The Labute approximate surface area is 198 Å². The Morgan fingerprint density at radius 3 is 2.58 bits per heavy atom. The quantitative estimate of drug-likeness (QED) is 0.451. The van der Waals surface area contributed by atoms with E-state index in [1.165, 1.54) is 17.3 Å². The van der Waals surface area contributed by atoms with E-state index in [1.807, 2.05) is 6.92 Å². The molecular weight excluding hydrogens is 440 g/mol. The smallest absolute Gasteiger partial charge is 0.337 e. The van der Waals surface area contributed by atoms with Crippen LogP contribution in [-0.2, 0) is 9.53 Å². The van der Waals surface area contributed by atoms with Crippen molar-refractivity contribution in [1.82, 2.24) is 25.4 Å². The zero-order chi connectivity index (χ0) is 23.4. The Balaban J connectivity index is 1.67. The van der Waals surface area contributed by atoms with Crippen LogP contribution in [0.25, 0.3) is 5.69 Å². The van der Waals surface area contributed by atoms with Crippen LogP contribution in [0.3, 0.4) is 0 Å². The Hall–Kier alpha value is -3.01. The zero-order valence-electron chi connectivity index (χ0n) is 19.3. The molecule has 2 N–H and O–H groups in total. The lowest BCUT2D eigenvalue weighted by molar-refractivity contribution is -0.139. The highest BCUT2D eigenvalue weighted by Gasteiger charge is 2.32. The number of esters is 1. The van der Waals surface area contributed by atoms with Crippen molar-refractivity contribution in [2.24, 2.45) is 0 Å². The van der Waals surface area contributed by atoms with Crippen molar-refractivity contribution >= 4 is 29.7 Å². The van der Waals surface area contributed by atoms with Gasteiger partial charge in [0.1, 0.15) is 0 Å². The van der Waals surface area contributed by atoms with Gasteiger partial charge in [0.2, 0.25) is 5.95 Å². The number of anilines is 1. The number of nitrogens with one attached hydrogen (secondary N) is 2. The normalized spacial score (nSPS) is 18.3. The number of aryl methyl sites for hydroxylation is 1. The maximum atomic E-state index is 12.7. The molecule has 4 rings (SSSR count). The highest BCUT2D eigenvalue weighted by atomic mass is 32.2. The second kappa shape index (κ2) is 10.3. The fourth-order valence-corrected chi connectivity index (χ4v) is 5.03. The van der Waals surface area contributed by atoms with Crippen LogP contribution in [-0.4, -0.2) is 58.3 Å². The van der Waals surface area contributed by atoms with Crippen molar-refractivity contribution in [3.63, 3.8) is 0 Å². The van der Waals surface area contributed by atoms with Gasteiger partial charge < -0.3 is 20.3 Å². The van der Waals surface area contributed by atoms with E-state index in [2.05, 4.69) is 61.5 Å². The fourth-order valence-electron chi connectivity index (χ4n) is 4.11. The van der Waals surface area contributed by atoms with Crippen LogP contribution in [0.1, 0.15) is 38.7 Å². The van der Waals surface area contributed by atoms with Crippen LogP contribution in [0.15, 0.2) is 40.7 Å². The Bertz CT molecular complexity index is 1040. The molecule has 2 aliphatic heterocycles. The maximum absolute atomic E-state index is 12.7. The van der Waals surface area contributed by atoms with Gasteiger partial charge >= 0.3 is 12.0 Å². The highest BCUT2D eigenvalue weighted by molar-refractivity contribution is 7.99. The molecule has 0 unspecified atom stereocenters. The number of thioether (sulfide) groups is 1. The molecule has 1 aromatic carbocycles. The largest absolute Gasteiger partial charge is 0.463 e. The summed E-state index contributed by atoms with van der Waals surface area (Å²) < 4.78 is 7.33. The number of benzene rings is 1. The SMILES string of the molecule is CCOC(=O)C1=C(CSc2nnc(N3CCCC3)n2-c2ccc(C)cc2)NC(=O)N[C@H]1CC. The van der Waals surface area contributed by atoms with Gasteiger partial charge in [0.05, 0.1) is 23.9 Å². The van der Waals surface area contributed by atoms with Crippen molar-refractivity contribution in [2.45, 2.75) is 51.2 Å². The van der Waals surface area contributed by atoms with Crippen molar-refractivity contribution in [3.05, 3.63) is 41.1 Å². The molecule has 0 radical (unpaired) electrons. The number of rotatable bonds is 8. The number of carbonyl (C=O) groups is 2. The third-order valence-electron chi connectivity index (χ3n) is 5.79. The maximum Gasteiger partial charge on any atom is 0.337 e. The summed E-state index contributed by atoms with van der Waals surface area (Å²) in [5, 5.41) is 15.3. The van der Waals surface area contributed by atoms with Gasteiger partial charge in [-0.3, -0.25) is 4.57 Å². The molecule has 33 heavy (non-hydrogen) atoms. The first-order valence-corrected chi connectivity index (χ1v) is 12.4. The molecule has 3 heterocycles. The second-order valence-electron chi connectivity index (χ2n) is 8.11. The average molecular weight is 471 g/mol. The predicted octanol–water partition coefficient (Wildman–Crippen LogP) is 3.18. The number of nitrogens with zero attached hydrogens (tertiary/aromatic N) is 4. The summed E-state index contributed by atoms with van der Waals surface area (Å²) in [6, 6.07) is 7.55. The molecule has 1 fully saturated rings. The number of amides is 2. The topological polar surface area (TPSA) is 101 Å². The molecular formula is C23H30N6O3S. The van der Waals surface area contributed by atoms with E-state index in [1.54, 1.807) is 6.92 Å². The third-order valence-corrected chi connectivity index (χ3v) is 6.75. The van der Waals surface area contributed by atoms with Gasteiger partial charge in [-0.1, -0.05) is 36.4 Å². The van der Waals surface area contributed by atoms with Gasteiger partial charge in [-0.15, -0.1) is 10.2 Å². The van der Waals surface area contributed by atoms with Crippen molar-refractivity contribution in [3.8, 4) is 5.69 Å². The Morgan fingerprint density at radius 2 is 1.91 bits per heavy atom. The van der Waals surface area contributed by atoms with Crippen LogP contribution in [0.4, 0.5) is 10.7 Å². The monoisotopic (exact) mass is 470 g/mol. The van der Waals surface area contributed by atoms with Crippen LogP contribution >= 0.6 is 11.8 Å². The van der Waals surface area contributed by atoms with Crippen molar-refractivity contribution in [1.29, 1.82) is 0 Å². The molecule has 1 saturated heterocycles. The number of aromatic nitrogens is 3. The Morgan fingerprint density at radius 1 is 1.18 bits per heavy atom. The first kappa shape index (κ1) is 23.2. The number of urea groups is 1. The van der Waals surface area contributed by atoms with Gasteiger partial charge in [-0.25, -0.2) is 9.59 Å². The minimum atomic E-state index is -0.412. The fraction of sp³-hybridized carbons (Fsp3) is 0.478. The van der Waals surface area contributed by atoms with E-state index < -0.39 is 5.97 Å². The van der Waals surface area contributed by atoms with Crippen LogP contribution in [0.5, 0.6) is 0 Å². The summed E-state index contributed by atoms with van der Waals surface area (Å²) >= 11 is 1.44. The van der Waals surface area contributed by atoms with Gasteiger partial charge in [-0.2, -0.15) is 0 Å². The molecule has 2 amide bonds. The summed E-state index contributed by atoms with van der Waals surface area (Å²) in [4.78, 5) is 27.1. The summed E-state index contributed by atoms with van der Waals surface area (Å²) in [7, 11) is 0.